The molecular weight excluding hydrogens is 464 g/mol. The molecule has 2 aromatic heterocycles. The number of aromatic amines is 2. The van der Waals surface area contributed by atoms with Crippen LogP contribution in [0.1, 0.15) is 24.7 Å². The Hall–Kier alpha value is -3.39. The number of rotatable bonds is 14. The van der Waals surface area contributed by atoms with Gasteiger partial charge in [-0.3, -0.25) is 14.4 Å². The lowest BCUT2D eigenvalue weighted by atomic mass is 10.1. The summed E-state index contributed by atoms with van der Waals surface area (Å²) in [6.45, 7) is 1.43. The molecule has 0 saturated carbocycles. The zero-order chi connectivity index (χ0) is 25.1. The van der Waals surface area contributed by atoms with Gasteiger partial charge in [0.05, 0.1) is 18.7 Å². The maximum Gasteiger partial charge on any atom is 0.326 e. The van der Waals surface area contributed by atoms with E-state index in [4.69, 9.17) is 5.73 Å². The quantitative estimate of drug-likeness (QED) is 0.164. The molecule has 34 heavy (non-hydrogen) atoms. The molecule has 0 aromatic carbocycles. The van der Waals surface area contributed by atoms with E-state index in [0.717, 1.165) is 0 Å². The zero-order valence-electron chi connectivity index (χ0n) is 18.9. The Bertz CT molecular complexity index is 937. The third-order valence-corrected chi connectivity index (χ3v) is 5.56. The van der Waals surface area contributed by atoms with Crippen molar-refractivity contribution in [2.45, 2.75) is 50.4 Å². The van der Waals surface area contributed by atoms with Crippen LogP contribution in [-0.4, -0.2) is 84.9 Å². The van der Waals surface area contributed by atoms with Gasteiger partial charge in [-0.2, -0.15) is 11.8 Å². The molecular formula is C20H30N8O5S. The SMILES string of the molecule is CSCCC(NC(=O)C(N)Cc1cnc[nH]1)C(=O)NC(C)C(=O)NC(Cc1cnc[nH]1)C(=O)O. The predicted octanol–water partition coefficient (Wildman–Crippen LogP) is -1.44. The van der Waals surface area contributed by atoms with Crippen LogP contribution in [0.5, 0.6) is 0 Å². The first-order valence-corrected chi connectivity index (χ1v) is 11.9. The molecule has 8 N–H and O–H groups in total. The van der Waals surface area contributed by atoms with Crippen molar-refractivity contribution in [1.82, 2.24) is 35.9 Å². The van der Waals surface area contributed by atoms with Gasteiger partial charge in [0, 0.05) is 36.6 Å². The van der Waals surface area contributed by atoms with Gasteiger partial charge in [0.2, 0.25) is 17.7 Å². The highest BCUT2D eigenvalue weighted by Crippen LogP contribution is 2.04. The summed E-state index contributed by atoms with van der Waals surface area (Å²) in [5.74, 6) is -2.40. The van der Waals surface area contributed by atoms with Crippen LogP contribution in [0.25, 0.3) is 0 Å². The summed E-state index contributed by atoms with van der Waals surface area (Å²) in [5, 5.41) is 17.0. The van der Waals surface area contributed by atoms with Gasteiger partial charge in [-0.1, -0.05) is 0 Å². The van der Waals surface area contributed by atoms with E-state index in [1.165, 1.54) is 37.5 Å². The molecule has 0 saturated heterocycles. The van der Waals surface area contributed by atoms with Crippen molar-refractivity contribution >= 4 is 35.5 Å². The van der Waals surface area contributed by atoms with E-state index in [0.29, 0.717) is 23.6 Å². The number of nitrogens with one attached hydrogen (secondary N) is 5. The molecule has 2 heterocycles. The number of hydrogen-bond donors (Lipinski definition) is 7. The molecule has 4 unspecified atom stereocenters. The molecule has 0 bridgehead atoms. The molecule has 0 aliphatic rings. The number of carbonyl (C=O) groups is 4. The summed E-state index contributed by atoms with van der Waals surface area (Å²) in [6, 6.07) is -4.06. The molecule has 3 amide bonds. The second-order valence-corrected chi connectivity index (χ2v) is 8.63. The van der Waals surface area contributed by atoms with Crippen molar-refractivity contribution in [3.63, 3.8) is 0 Å². The first-order valence-electron chi connectivity index (χ1n) is 10.5. The fourth-order valence-electron chi connectivity index (χ4n) is 3.00. The number of carboxylic acids is 1. The number of imidazole rings is 2. The minimum Gasteiger partial charge on any atom is -0.480 e. The molecule has 13 nitrogen and oxygen atoms in total. The normalized spacial score (nSPS) is 14.4. The van der Waals surface area contributed by atoms with E-state index in [2.05, 4.69) is 35.9 Å². The highest BCUT2D eigenvalue weighted by atomic mass is 32.2. The van der Waals surface area contributed by atoms with E-state index < -0.39 is 47.9 Å². The lowest BCUT2D eigenvalue weighted by Crippen LogP contribution is -2.56. The van der Waals surface area contributed by atoms with Gasteiger partial charge in [-0.15, -0.1) is 0 Å². The summed E-state index contributed by atoms with van der Waals surface area (Å²) >= 11 is 1.50. The van der Waals surface area contributed by atoms with Gasteiger partial charge >= 0.3 is 5.97 Å². The molecule has 0 fully saturated rings. The van der Waals surface area contributed by atoms with E-state index in [-0.39, 0.29) is 12.8 Å². The highest BCUT2D eigenvalue weighted by molar-refractivity contribution is 7.98. The summed E-state index contributed by atoms with van der Waals surface area (Å²) in [7, 11) is 0. The molecule has 186 valence electrons. The van der Waals surface area contributed by atoms with Gasteiger partial charge in [0.25, 0.3) is 0 Å². The second-order valence-electron chi connectivity index (χ2n) is 7.64. The number of aliphatic carboxylic acids is 1. The third kappa shape index (κ3) is 8.51. The molecule has 14 heteroatoms. The monoisotopic (exact) mass is 494 g/mol. The molecule has 0 radical (unpaired) electrons. The molecule has 0 aliphatic carbocycles. The topological polar surface area (TPSA) is 208 Å². The number of H-pyrrole nitrogens is 2. The van der Waals surface area contributed by atoms with Crippen LogP contribution in [0.15, 0.2) is 25.0 Å². The van der Waals surface area contributed by atoms with Gasteiger partial charge < -0.3 is 36.8 Å². The molecule has 2 aromatic rings. The van der Waals surface area contributed by atoms with Crippen LogP contribution in [0.4, 0.5) is 0 Å². The molecule has 2 rings (SSSR count). The van der Waals surface area contributed by atoms with Crippen LogP contribution < -0.4 is 21.7 Å². The first kappa shape index (κ1) is 26.9. The van der Waals surface area contributed by atoms with Crippen molar-refractivity contribution < 1.29 is 24.3 Å². The van der Waals surface area contributed by atoms with E-state index in [9.17, 15) is 24.3 Å². The highest BCUT2D eigenvalue weighted by Gasteiger charge is 2.28. The van der Waals surface area contributed by atoms with Crippen molar-refractivity contribution in [3.05, 3.63) is 36.4 Å². The van der Waals surface area contributed by atoms with Crippen LogP contribution >= 0.6 is 11.8 Å². The van der Waals surface area contributed by atoms with Gasteiger partial charge in [0.1, 0.15) is 18.1 Å². The predicted molar refractivity (Wildman–Crippen MR) is 125 cm³/mol. The van der Waals surface area contributed by atoms with Crippen LogP contribution in [0, 0.1) is 0 Å². The van der Waals surface area contributed by atoms with Crippen molar-refractivity contribution in [1.29, 1.82) is 0 Å². The number of carbonyl (C=O) groups excluding carboxylic acids is 3. The Morgan fingerprint density at radius 3 is 2.09 bits per heavy atom. The Labute approximate surface area is 200 Å². The fraction of sp³-hybridized carbons (Fsp3) is 0.500. The van der Waals surface area contributed by atoms with Crippen molar-refractivity contribution in [2.24, 2.45) is 5.73 Å². The number of nitrogens with two attached hydrogens (primary N) is 1. The van der Waals surface area contributed by atoms with Gasteiger partial charge in [-0.25, -0.2) is 14.8 Å². The minimum atomic E-state index is -1.22. The zero-order valence-corrected chi connectivity index (χ0v) is 19.7. The largest absolute Gasteiger partial charge is 0.480 e. The van der Waals surface area contributed by atoms with E-state index >= 15 is 0 Å². The number of carboxylic acid groups (broad SMARTS) is 1. The van der Waals surface area contributed by atoms with E-state index in [1.807, 2.05) is 6.26 Å². The molecule has 0 spiro atoms. The number of nitrogens with zero attached hydrogens (tertiary/aromatic N) is 2. The number of thioether (sulfide) groups is 1. The minimum absolute atomic E-state index is 0.00235. The Kier molecular flexibility index (Phi) is 10.5. The maximum absolute atomic E-state index is 12.8. The standard InChI is InChI=1S/C20H30N8O5S/c1-11(17(29)28-16(20(32)33)6-13-8-23-10-25-13)26-19(31)15(3-4-34-2)27-18(30)14(21)5-12-7-22-9-24-12/h7-11,14-16H,3-6,21H2,1-2H3,(H,22,24)(H,23,25)(H,26,31)(H,27,30)(H,28,29)(H,32,33). The fourth-order valence-corrected chi connectivity index (χ4v) is 3.47. The molecule has 4 atom stereocenters. The summed E-state index contributed by atoms with van der Waals surface area (Å²) in [5.41, 5.74) is 7.17. The third-order valence-electron chi connectivity index (χ3n) is 4.92. The average Bonchev–Trinajstić information content (AvgIpc) is 3.49. The van der Waals surface area contributed by atoms with Crippen molar-refractivity contribution in [3.8, 4) is 0 Å². The lowest BCUT2D eigenvalue weighted by molar-refractivity contribution is -0.142. The Morgan fingerprint density at radius 1 is 0.971 bits per heavy atom. The van der Waals surface area contributed by atoms with Gasteiger partial charge in [-0.05, 0) is 25.4 Å². The van der Waals surface area contributed by atoms with Crippen LogP contribution in [-0.2, 0) is 32.0 Å². The second kappa shape index (κ2) is 13.3. The molecule has 0 aliphatic heterocycles. The van der Waals surface area contributed by atoms with E-state index in [1.54, 1.807) is 6.20 Å². The van der Waals surface area contributed by atoms with Crippen LogP contribution in [0.2, 0.25) is 0 Å². The summed E-state index contributed by atoms with van der Waals surface area (Å²) in [6.07, 6.45) is 8.31. The van der Waals surface area contributed by atoms with Crippen LogP contribution in [0.3, 0.4) is 0 Å². The number of amides is 3. The van der Waals surface area contributed by atoms with Gasteiger partial charge in [0.15, 0.2) is 0 Å². The summed E-state index contributed by atoms with van der Waals surface area (Å²) in [4.78, 5) is 62.7. The lowest BCUT2D eigenvalue weighted by Gasteiger charge is -2.23. The van der Waals surface area contributed by atoms with Crippen molar-refractivity contribution in [2.75, 3.05) is 12.0 Å². The Morgan fingerprint density at radius 2 is 1.56 bits per heavy atom. The first-order chi connectivity index (χ1) is 16.2. The number of hydrogen-bond acceptors (Lipinski definition) is 8. The summed E-state index contributed by atoms with van der Waals surface area (Å²) < 4.78 is 0. The average molecular weight is 495 g/mol. The Balaban J connectivity index is 1.94. The number of aromatic nitrogens is 4. The maximum atomic E-state index is 12.8. The smallest absolute Gasteiger partial charge is 0.326 e.